The van der Waals surface area contributed by atoms with E-state index < -0.39 is 0 Å². The highest BCUT2D eigenvalue weighted by Crippen LogP contribution is 2.29. The van der Waals surface area contributed by atoms with Gasteiger partial charge in [0.2, 0.25) is 0 Å². The first-order chi connectivity index (χ1) is 19.6. The maximum absolute atomic E-state index is 12.0. The van der Waals surface area contributed by atoms with Crippen molar-refractivity contribution in [1.29, 1.82) is 0 Å². The van der Waals surface area contributed by atoms with Gasteiger partial charge in [-0.2, -0.15) is 0 Å². The average molecular weight is 574 g/mol. The fourth-order valence-electron chi connectivity index (χ4n) is 4.66. The van der Waals surface area contributed by atoms with Gasteiger partial charge in [-0.05, 0) is 68.1 Å². The van der Waals surface area contributed by atoms with Crippen molar-refractivity contribution in [2.45, 2.75) is 60.9 Å². The Labute approximate surface area is 250 Å². The number of hydrogen-bond acceptors (Lipinski definition) is 3. The Kier molecular flexibility index (Phi) is 13.0. The quantitative estimate of drug-likeness (QED) is 0.163. The van der Waals surface area contributed by atoms with Gasteiger partial charge in [0, 0.05) is 72.2 Å². The van der Waals surface area contributed by atoms with Gasteiger partial charge >= 0.3 is 0 Å². The highest BCUT2D eigenvalue weighted by atomic mass is 35.5. The van der Waals surface area contributed by atoms with E-state index in [-0.39, 0.29) is 11.7 Å². The molecule has 0 saturated heterocycles. The summed E-state index contributed by atoms with van der Waals surface area (Å²) in [6, 6.07) is 19.7. The van der Waals surface area contributed by atoms with E-state index >= 15 is 0 Å². The molecule has 0 unspecified atom stereocenters. The van der Waals surface area contributed by atoms with Crippen LogP contribution in [0.15, 0.2) is 71.9 Å². The van der Waals surface area contributed by atoms with Gasteiger partial charge in [-0.25, -0.2) is 0 Å². The molecular formula is C35H44ClN3O2. The number of ketones is 1. The summed E-state index contributed by atoms with van der Waals surface area (Å²) < 4.78 is 2.10. The Morgan fingerprint density at radius 2 is 1.59 bits per heavy atom. The van der Waals surface area contributed by atoms with Crippen LogP contribution in [0.3, 0.4) is 0 Å². The van der Waals surface area contributed by atoms with Crippen LogP contribution in [0.1, 0.15) is 79.3 Å². The minimum absolute atomic E-state index is 0.00652. The van der Waals surface area contributed by atoms with E-state index in [1.54, 1.807) is 25.9 Å². The molecule has 0 spiro atoms. The first-order valence-corrected chi connectivity index (χ1v) is 14.7. The predicted octanol–water partition coefficient (Wildman–Crippen LogP) is 9.13. The van der Waals surface area contributed by atoms with Crippen LogP contribution in [0.2, 0.25) is 5.02 Å². The molecule has 3 aromatic carbocycles. The fraction of sp³-hybridized carbons (Fsp3) is 0.343. The summed E-state index contributed by atoms with van der Waals surface area (Å²) in [5.41, 5.74) is 8.02. The minimum atomic E-state index is -0.00652. The number of benzene rings is 3. The molecule has 0 aliphatic heterocycles. The van der Waals surface area contributed by atoms with Gasteiger partial charge in [0.1, 0.15) is 0 Å². The molecular weight excluding hydrogens is 530 g/mol. The number of Topliss-reactive ketones (excluding diaryl/α,β-unsaturated/α-hetero) is 1. The number of fused-ring (bicyclic) bond motifs is 1. The summed E-state index contributed by atoms with van der Waals surface area (Å²) >= 11 is 6.16. The molecule has 0 atom stereocenters. The number of nitrogens with zero attached hydrogens (tertiary/aromatic N) is 3. The maximum atomic E-state index is 12.0. The number of aryl methyl sites for hydroxylation is 2. The lowest BCUT2D eigenvalue weighted by atomic mass is 10.0. The summed E-state index contributed by atoms with van der Waals surface area (Å²) in [7, 11) is 5.32. The maximum Gasteiger partial charge on any atom is 0.253 e. The molecule has 41 heavy (non-hydrogen) atoms. The number of carbonyl (C=O) groups is 2. The molecule has 218 valence electrons. The van der Waals surface area contributed by atoms with Gasteiger partial charge in [0.15, 0.2) is 5.78 Å². The van der Waals surface area contributed by atoms with E-state index in [2.05, 4.69) is 42.5 Å². The van der Waals surface area contributed by atoms with Gasteiger partial charge in [-0.3, -0.25) is 14.6 Å². The van der Waals surface area contributed by atoms with Crippen LogP contribution in [0, 0.1) is 6.92 Å². The number of carbonyl (C=O) groups excluding carboxylic acids is 2. The number of aliphatic imine (C=N–C) groups is 1. The van der Waals surface area contributed by atoms with Crippen molar-refractivity contribution in [3.8, 4) is 11.1 Å². The zero-order chi connectivity index (χ0) is 30.7. The molecule has 0 bridgehead atoms. The SMILES string of the molecule is CC.CCCC(=NC)c1c(C)cccc1Cl.CCn1cc(C(C)=O)c2ccc(-c3ccc(C(=O)N(C)C)cc3)cc21. The smallest absolute Gasteiger partial charge is 0.253 e. The third kappa shape index (κ3) is 8.17. The summed E-state index contributed by atoms with van der Waals surface area (Å²) in [5.74, 6) is 0.0736. The molecule has 1 aromatic heterocycles. The standard InChI is InChI=1S/C21H22N2O2.C12H16ClN.C2H6/c1-5-23-13-19(14(2)24)18-11-10-17(12-20(18)23)15-6-8-16(9-7-15)21(25)22(3)4;1-4-6-11(14-3)12-9(2)7-5-8-10(12)13;1-2/h6-13H,5H2,1-4H3;5,7-8H,4,6H2,1-3H3;1-2H3. The van der Waals surface area contributed by atoms with Gasteiger partial charge in [0.05, 0.1) is 0 Å². The van der Waals surface area contributed by atoms with Crippen LogP contribution < -0.4 is 0 Å². The van der Waals surface area contributed by atoms with Crippen molar-refractivity contribution >= 4 is 39.9 Å². The topological polar surface area (TPSA) is 54.7 Å². The number of halogens is 1. The third-order valence-corrected chi connectivity index (χ3v) is 7.06. The lowest BCUT2D eigenvalue weighted by molar-refractivity contribution is 0.0827. The number of hydrogen-bond donors (Lipinski definition) is 0. The molecule has 0 aliphatic rings. The van der Waals surface area contributed by atoms with Gasteiger partial charge in [-0.15, -0.1) is 0 Å². The Hall–Kier alpha value is -3.70. The van der Waals surface area contributed by atoms with Crippen LogP contribution >= 0.6 is 11.6 Å². The summed E-state index contributed by atoms with van der Waals surface area (Å²) in [6.07, 6.45) is 4.01. The second-order valence-corrected chi connectivity index (χ2v) is 10.2. The number of rotatable bonds is 7. The lowest BCUT2D eigenvalue weighted by Gasteiger charge is -2.11. The zero-order valence-electron chi connectivity index (χ0n) is 26.0. The molecule has 1 heterocycles. The molecule has 6 heteroatoms. The Balaban J connectivity index is 0.000000312. The molecule has 0 N–H and O–H groups in total. The van der Waals surface area contributed by atoms with Crippen LogP contribution in [0.5, 0.6) is 0 Å². The average Bonchev–Trinajstić information content (AvgIpc) is 3.36. The number of amides is 1. The van der Waals surface area contributed by atoms with Gasteiger partial charge < -0.3 is 9.47 Å². The van der Waals surface area contributed by atoms with Crippen molar-refractivity contribution in [3.63, 3.8) is 0 Å². The number of aromatic nitrogens is 1. The van der Waals surface area contributed by atoms with Crippen molar-refractivity contribution < 1.29 is 9.59 Å². The van der Waals surface area contributed by atoms with Crippen LogP contribution in [0.25, 0.3) is 22.0 Å². The molecule has 4 aromatic rings. The van der Waals surface area contributed by atoms with Crippen LogP contribution in [-0.4, -0.2) is 48.0 Å². The second kappa shape index (κ2) is 15.9. The summed E-state index contributed by atoms with van der Waals surface area (Å²) in [6.45, 7) is 12.7. The highest BCUT2D eigenvalue weighted by Gasteiger charge is 2.13. The van der Waals surface area contributed by atoms with Gasteiger partial charge in [-0.1, -0.05) is 75.2 Å². The Bertz CT molecular complexity index is 1480. The normalized spacial score (nSPS) is 10.8. The van der Waals surface area contributed by atoms with E-state index in [1.165, 1.54) is 5.56 Å². The first-order valence-electron chi connectivity index (χ1n) is 14.3. The molecule has 0 saturated carbocycles. The molecule has 0 aliphatic carbocycles. The van der Waals surface area contributed by atoms with Gasteiger partial charge in [0.25, 0.3) is 5.91 Å². The Morgan fingerprint density at radius 1 is 0.951 bits per heavy atom. The van der Waals surface area contributed by atoms with E-state index in [0.29, 0.717) is 5.56 Å². The van der Waals surface area contributed by atoms with E-state index in [1.807, 2.05) is 75.6 Å². The largest absolute Gasteiger partial charge is 0.347 e. The fourth-order valence-corrected chi connectivity index (χ4v) is 4.99. The monoisotopic (exact) mass is 573 g/mol. The third-order valence-electron chi connectivity index (χ3n) is 6.74. The zero-order valence-corrected chi connectivity index (χ0v) is 26.8. The molecule has 1 amide bonds. The Morgan fingerprint density at radius 3 is 2.10 bits per heavy atom. The van der Waals surface area contributed by atoms with Crippen LogP contribution in [-0.2, 0) is 6.54 Å². The second-order valence-electron chi connectivity index (χ2n) is 9.75. The van der Waals surface area contributed by atoms with Crippen molar-refractivity contribution in [3.05, 3.63) is 94.1 Å². The van der Waals surface area contributed by atoms with E-state index in [9.17, 15) is 9.59 Å². The first kappa shape index (κ1) is 33.5. The van der Waals surface area contributed by atoms with Crippen molar-refractivity contribution in [2.24, 2.45) is 4.99 Å². The van der Waals surface area contributed by atoms with E-state index in [0.717, 1.165) is 63.3 Å². The van der Waals surface area contributed by atoms with Crippen molar-refractivity contribution in [1.82, 2.24) is 9.47 Å². The molecule has 5 nitrogen and oxygen atoms in total. The minimum Gasteiger partial charge on any atom is -0.347 e. The summed E-state index contributed by atoms with van der Waals surface area (Å²) in [5, 5.41) is 1.79. The van der Waals surface area contributed by atoms with E-state index in [4.69, 9.17) is 11.6 Å². The lowest BCUT2D eigenvalue weighted by Crippen LogP contribution is -2.21. The van der Waals surface area contributed by atoms with Crippen LogP contribution in [0.4, 0.5) is 0 Å². The molecule has 0 fully saturated rings. The van der Waals surface area contributed by atoms with Crippen molar-refractivity contribution in [2.75, 3.05) is 21.1 Å². The predicted molar refractivity (Wildman–Crippen MR) is 176 cm³/mol. The molecule has 4 rings (SSSR count). The highest BCUT2D eigenvalue weighted by molar-refractivity contribution is 6.34. The molecule has 0 radical (unpaired) electrons. The summed E-state index contributed by atoms with van der Waals surface area (Å²) in [4.78, 5) is 29.7.